The van der Waals surface area contributed by atoms with Crippen LogP contribution in [0.25, 0.3) is 17.1 Å². The highest BCUT2D eigenvalue weighted by atomic mass is 32.1. The summed E-state index contributed by atoms with van der Waals surface area (Å²) in [6, 6.07) is 14.3. The Labute approximate surface area is 188 Å². The van der Waals surface area contributed by atoms with Crippen molar-refractivity contribution in [1.29, 1.82) is 0 Å². The minimum atomic E-state index is -2.55. The highest BCUT2D eigenvalue weighted by Gasteiger charge is 2.36. The average Bonchev–Trinajstić information content (AvgIpc) is 3.38. The number of nitrogens with zero attached hydrogens (tertiary/aromatic N) is 4. The number of anilines is 1. The number of alkyl halides is 2. The number of nitrogens with one attached hydrogen (secondary N) is 2. The second-order valence-electron chi connectivity index (χ2n) is 8.00. The van der Waals surface area contributed by atoms with Gasteiger partial charge in [0.15, 0.2) is 10.6 Å². The number of aromatic nitrogens is 5. The molecule has 1 aliphatic rings. The Balaban J connectivity index is 1.66. The smallest absolute Gasteiger partial charge is 0.260 e. The van der Waals surface area contributed by atoms with Crippen molar-refractivity contribution < 1.29 is 8.78 Å². The summed E-state index contributed by atoms with van der Waals surface area (Å²) < 4.78 is 31.7. The summed E-state index contributed by atoms with van der Waals surface area (Å²) in [4.78, 5) is 0. The van der Waals surface area contributed by atoms with E-state index < -0.39 is 12.5 Å². The first-order valence-corrected chi connectivity index (χ1v) is 10.8. The van der Waals surface area contributed by atoms with Gasteiger partial charge in [0, 0.05) is 0 Å². The number of aryl methyl sites for hydroxylation is 1. The van der Waals surface area contributed by atoms with Gasteiger partial charge in [-0.15, -0.1) is 0 Å². The second kappa shape index (κ2) is 7.98. The summed E-state index contributed by atoms with van der Waals surface area (Å²) in [6.07, 6.45) is -0.730. The van der Waals surface area contributed by atoms with Gasteiger partial charge in [-0.3, -0.25) is 9.67 Å². The van der Waals surface area contributed by atoms with Gasteiger partial charge >= 0.3 is 0 Å². The van der Waals surface area contributed by atoms with E-state index in [1.54, 1.807) is 6.20 Å². The number of H-pyrrole nitrogens is 1. The lowest BCUT2D eigenvalue weighted by atomic mass is 9.97. The Kier molecular flexibility index (Phi) is 5.13. The molecule has 3 heterocycles. The van der Waals surface area contributed by atoms with Gasteiger partial charge in [-0.25, -0.2) is 13.5 Å². The minimum Gasteiger partial charge on any atom is -0.363 e. The molecule has 5 rings (SSSR count). The number of aromatic amines is 1. The zero-order valence-electron chi connectivity index (χ0n) is 17.6. The highest BCUT2D eigenvalue weighted by Crippen LogP contribution is 2.42. The van der Waals surface area contributed by atoms with Gasteiger partial charge in [0.2, 0.25) is 0 Å². The zero-order valence-corrected chi connectivity index (χ0v) is 18.4. The summed E-state index contributed by atoms with van der Waals surface area (Å²) in [6.45, 7) is 4.05. The molecule has 0 unspecified atom stereocenters. The number of hydrogen-bond donors (Lipinski definition) is 2. The molecule has 2 aromatic heterocycles. The molecule has 2 atom stereocenters. The zero-order chi connectivity index (χ0) is 22.4. The van der Waals surface area contributed by atoms with Gasteiger partial charge < -0.3 is 5.32 Å². The second-order valence-corrected chi connectivity index (χ2v) is 8.39. The standard InChI is InChI=1S/C23H22F2N6S/c1-13-7-6-10-18(14(13)2)30-22(28-29-23(30)32)16-12-26-31-19(20(24)25)11-17(27-21(16)31)15-8-4-3-5-9-15/h3-10,12,17,19-20,27H,11H2,1-2H3,(H,29,32)/t17-,19-/m0/s1. The molecule has 0 fully saturated rings. The van der Waals surface area contributed by atoms with Crippen LogP contribution >= 0.6 is 12.2 Å². The first kappa shape index (κ1) is 20.6. The van der Waals surface area contributed by atoms with Gasteiger partial charge in [0.05, 0.1) is 23.5 Å². The van der Waals surface area contributed by atoms with E-state index in [-0.39, 0.29) is 12.5 Å². The van der Waals surface area contributed by atoms with E-state index in [9.17, 15) is 8.78 Å². The van der Waals surface area contributed by atoms with E-state index in [4.69, 9.17) is 12.2 Å². The molecule has 6 nitrogen and oxygen atoms in total. The lowest BCUT2D eigenvalue weighted by Gasteiger charge is -2.32. The first-order chi connectivity index (χ1) is 15.5. The summed E-state index contributed by atoms with van der Waals surface area (Å²) in [5, 5.41) is 15.0. The fourth-order valence-electron chi connectivity index (χ4n) is 4.28. The largest absolute Gasteiger partial charge is 0.363 e. The van der Waals surface area contributed by atoms with Crippen LogP contribution in [0.15, 0.2) is 54.7 Å². The minimum absolute atomic E-state index is 0.236. The summed E-state index contributed by atoms with van der Waals surface area (Å²) in [5.74, 6) is 1.04. The van der Waals surface area contributed by atoms with Crippen LogP contribution in [0.2, 0.25) is 0 Å². The van der Waals surface area contributed by atoms with Crippen molar-refractivity contribution in [2.24, 2.45) is 0 Å². The highest BCUT2D eigenvalue weighted by molar-refractivity contribution is 7.71. The average molecular weight is 453 g/mol. The summed E-state index contributed by atoms with van der Waals surface area (Å²) >= 11 is 5.53. The molecule has 0 bridgehead atoms. The maximum absolute atomic E-state index is 14.0. The fraction of sp³-hybridized carbons (Fsp3) is 0.261. The molecule has 1 aliphatic heterocycles. The van der Waals surface area contributed by atoms with E-state index in [0.717, 1.165) is 22.4 Å². The van der Waals surface area contributed by atoms with Gasteiger partial charge in [0.25, 0.3) is 6.43 Å². The van der Waals surface area contributed by atoms with Gasteiger partial charge in [-0.05, 0) is 55.2 Å². The molecule has 0 spiro atoms. The van der Waals surface area contributed by atoms with Crippen LogP contribution in [0.4, 0.5) is 14.6 Å². The van der Waals surface area contributed by atoms with Crippen molar-refractivity contribution in [1.82, 2.24) is 24.5 Å². The van der Waals surface area contributed by atoms with Gasteiger partial charge in [0.1, 0.15) is 11.9 Å². The molecule has 9 heteroatoms. The van der Waals surface area contributed by atoms with Crippen molar-refractivity contribution >= 4 is 18.0 Å². The molecule has 2 N–H and O–H groups in total. The van der Waals surface area contributed by atoms with E-state index in [0.29, 0.717) is 22.0 Å². The molecule has 0 aliphatic carbocycles. The van der Waals surface area contributed by atoms with Crippen molar-refractivity contribution in [3.05, 3.63) is 76.2 Å². The molecule has 0 saturated heterocycles. The van der Waals surface area contributed by atoms with Crippen LogP contribution in [0.1, 0.15) is 35.2 Å². The maximum atomic E-state index is 14.0. The summed E-state index contributed by atoms with van der Waals surface area (Å²) in [5.41, 5.74) is 4.63. The van der Waals surface area contributed by atoms with E-state index in [1.165, 1.54) is 4.68 Å². The van der Waals surface area contributed by atoms with Crippen LogP contribution in [-0.2, 0) is 0 Å². The van der Waals surface area contributed by atoms with Crippen LogP contribution in [0.5, 0.6) is 0 Å². The molecule has 4 aromatic rings. The van der Waals surface area contributed by atoms with Crippen molar-refractivity contribution in [3.8, 4) is 17.1 Å². The first-order valence-electron chi connectivity index (χ1n) is 10.4. The van der Waals surface area contributed by atoms with Crippen LogP contribution < -0.4 is 5.32 Å². The Hall–Kier alpha value is -3.33. The monoisotopic (exact) mass is 452 g/mol. The predicted octanol–water partition coefficient (Wildman–Crippen LogP) is 5.77. The van der Waals surface area contributed by atoms with Crippen LogP contribution in [-0.4, -0.2) is 31.0 Å². The maximum Gasteiger partial charge on any atom is 0.260 e. The summed E-state index contributed by atoms with van der Waals surface area (Å²) in [7, 11) is 0. The number of hydrogen-bond acceptors (Lipinski definition) is 4. The van der Waals surface area contributed by atoms with Crippen molar-refractivity contribution in [2.45, 2.75) is 38.8 Å². The molecule has 0 amide bonds. The van der Waals surface area contributed by atoms with Crippen LogP contribution in [0.3, 0.4) is 0 Å². The lowest BCUT2D eigenvalue weighted by Crippen LogP contribution is -2.31. The molecular formula is C23H22F2N6S. The van der Waals surface area contributed by atoms with Crippen molar-refractivity contribution in [3.63, 3.8) is 0 Å². The van der Waals surface area contributed by atoms with Crippen LogP contribution in [0, 0.1) is 18.6 Å². The third-order valence-electron chi connectivity index (χ3n) is 6.12. The lowest BCUT2D eigenvalue weighted by molar-refractivity contribution is 0.0659. The molecule has 0 saturated carbocycles. The van der Waals surface area contributed by atoms with E-state index in [1.807, 2.05) is 66.9 Å². The van der Waals surface area contributed by atoms with E-state index >= 15 is 0 Å². The number of rotatable bonds is 4. The molecule has 32 heavy (non-hydrogen) atoms. The Morgan fingerprint density at radius 2 is 1.88 bits per heavy atom. The third kappa shape index (κ3) is 3.33. The predicted molar refractivity (Wildman–Crippen MR) is 122 cm³/mol. The topological polar surface area (TPSA) is 63.5 Å². The normalized spacial score (nSPS) is 17.9. The molecule has 164 valence electrons. The molecule has 2 aromatic carbocycles. The third-order valence-corrected chi connectivity index (χ3v) is 6.39. The van der Waals surface area contributed by atoms with Crippen molar-refractivity contribution in [2.75, 3.05) is 5.32 Å². The Bertz CT molecular complexity index is 1320. The quantitative estimate of drug-likeness (QED) is 0.386. The molecule has 0 radical (unpaired) electrons. The van der Waals surface area contributed by atoms with Gasteiger partial charge in [-0.2, -0.15) is 10.2 Å². The molecular weight excluding hydrogens is 430 g/mol. The Morgan fingerprint density at radius 1 is 1.09 bits per heavy atom. The van der Waals surface area contributed by atoms with Gasteiger partial charge in [-0.1, -0.05) is 42.5 Å². The fourth-order valence-corrected chi connectivity index (χ4v) is 4.51. The number of halogens is 2. The SMILES string of the molecule is Cc1cccc(-n2c(-c3cnn4c3N[C@H](c3ccccc3)C[C@H]4C(F)F)n[nH]c2=S)c1C. The number of benzene rings is 2. The number of fused-ring (bicyclic) bond motifs is 1. The Morgan fingerprint density at radius 3 is 2.62 bits per heavy atom. The van der Waals surface area contributed by atoms with E-state index in [2.05, 4.69) is 20.6 Å².